The number of aliphatic hydroxyl groups excluding tert-OH is 1. The molecule has 2 amide bonds. The van der Waals surface area contributed by atoms with Crippen molar-refractivity contribution in [1.82, 2.24) is 14.7 Å². The number of ether oxygens (including phenoxy) is 1. The van der Waals surface area contributed by atoms with Gasteiger partial charge in [0.05, 0.1) is 12.2 Å². The van der Waals surface area contributed by atoms with Crippen LogP contribution in [-0.4, -0.2) is 95.7 Å². The van der Waals surface area contributed by atoms with Crippen molar-refractivity contribution in [1.29, 1.82) is 0 Å². The molecule has 0 spiro atoms. The van der Waals surface area contributed by atoms with Crippen molar-refractivity contribution in [2.45, 2.75) is 109 Å². The molecule has 7 heteroatoms. The van der Waals surface area contributed by atoms with Crippen molar-refractivity contribution in [3.63, 3.8) is 0 Å². The molecule has 9 atom stereocenters. The third-order valence-electron chi connectivity index (χ3n) is 13.7. The van der Waals surface area contributed by atoms with Crippen molar-refractivity contribution in [2.75, 3.05) is 39.8 Å². The van der Waals surface area contributed by atoms with Gasteiger partial charge in [-0.1, -0.05) is 57.0 Å². The average molecular weight is 644 g/mol. The number of nitrogens with zero attached hydrogens (tertiary/aromatic N) is 3. The SMILES string of the molecule is COC1CCC2C3CCCCC(O)C(N4CCN(C(=O)C5CCCN5C(=O)c5ccc6ccccc6c5)CC4)CC(C)C3CCC12C. The topological polar surface area (TPSA) is 73.3 Å². The lowest BCUT2D eigenvalue weighted by atomic mass is 9.56. The third-order valence-corrected chi connectivity index (χ3v) is 13.7. The van der Waals surface area contributed by atoms with Gasteiger partial charge in [-0.2, -0.15) is 0 Å². The van der Waals surface area contributed by atoms with Gasteiger partial charge in [-0.15, -0.1) is 0 Å². The van der Waals surface area contributed by atoms with Crippen LogP contribution in [0.15, 0.2) is 42.5 Å². The number of benzene rings is 2. The number of piperazine rings is 1. The molecule has 2 aromatic carbocycles. The predicted molar refractivity (Wildman–Crippen MR) is 186 cm³/mol. The fourth-order valence-electron chi connectivity index (χ4n) is 11.0. The van der Waals surface area contributed by atoms with Gasteiger partial charge >= 0.3 is 0 Å². The summed E-state index contributed by atoms with van der Waals surface area (Å²) in [6.45, 7) is 8.50. The van der Waals surface area contributed by atoms with E-state index in [1.54, 1.807) is 0 Å². The summed E-state index contributed by atoms with van der Waals surface area (Å²) in [7, 11) is 1.91. The van der Waals surface area contributed by atoms with Gasteiger partial charge in [0.2, 0.25) is 5.91 Å². The highest BCUT2D eigenvalue weighted by molar-refractivity contribution is 6.01. The number of methoxy groups -OCH3 is 1. The zero-order valence-corrected chi connectivity index (χ0v) is 29.0. The molecule has 5 aliphatic rings. The maximum Gasteiger partial charge on any atom is 0.254 e. The summed E-state index contributed by atoms with van der Waals surface area (Å²) in [5.74, 6) is 2.86. The van der Waals surface area contributed by atoms with Crippen molar-refractivity contribution in [2.24, 2.45) is 29.1 Å². The molecule has 2 aliphatic heterocycles. The smallest absolute Gasteiger partial charge is 0.254 e. The summed E-state index contributed by atoms with van der Waals surface area (Å²) >= 11 is 0. The second-order valence-electron chi connectivity index (χ2n) is 16.0. The molecule has 0 radical (unpaired) electrons. The fraction of sp³-hybridized carbons (Fsp3) is 0.700. The highest BCUT2D eigenvalue weighted by Crippen LogP contribution is 2.59. The first-order valence-corrected chi connectivity index (χ1v) is 18.8. The van der Waals surface area contributed by atoms with Gasteiger partial charge in [0.1, 0.15) is 6.04 Å². The van der Waals surface area contributed by atoms with Crippen LogP contribution in [0.3, 0.4) is 0 Å². The van der Waals surface area contributed by atoms with Crippen LogP contribution < -0.4 is 0 Å². The lowest BCUT2D eigenvalue weighted by Crippen LogP contribution is -2.58. The summed E-state index contributed by atoms with van der Waals surface area (Å²) in [6.07, 6.45) is 12.2. The van der Waals surface area contributed by atoms with E-state index in [1.807, 2.05) is 53.3 Å². The van der Waals surface area contributed by atoms with Gasteiger partial charge in [0, 0.05) is 51.4 Å². The van der Waals surface area contributed by atoms with Crippen LogP contribution in [0.5, 0.6) is 0 Å². The Bertz CT molecular complexity index is 1420. The van der Waals surface area contributed by atoms with E-state index in [2.05, 4.69) is 24.8 Å². The minimum absolute atomic E-state index is 0.0412. The zero-order valence-electron chi connectivity index (χ0n) is 29.0. The summed E-state index contributed by atoms with van der Waals surface area (Å²) in [5, 5.41) is 13.7. The third kappa shape index (κ3) is 6.25. The Morgan fingerprint density at radius 1 is 0.851 bits per heavy atom. The first-order valence-electron chi connectivity index (χ1n) is 18.8. The molecular formula is C40H57N3O4. The normalized spacial score (nSPS) is 37.0. The molecule has 2 saturated heterocycles. The van der Waals surface area contributed by atoms with Crippen LogP contribution in [0.1, 0.15) is 94.8 Å². The van der Waals surface area contributed by atoms with Crippen molar-refractivity contribution >= 4 is 22.6 Å². The average Bonchev–Trinajstić information content (AvgIpc) is 3.72. The molecule has 7 nitrogen and oxygen atoms in total. The van der Waals surface area contributed by atoms with E-state index in [0.717, 1.165) is 67.8 Å². The number of aliphatic hydroxyl groups is 1. The standard InChI is InChI=1S/C40H57N3O4/c1-27-25-35(36(44)13-7-6-11-32-31(27)18-19-40(2)33(32)16-17-37(40)47-3)41-21-23-42(24-22-41)39(46)34-12-8-20-43(34)38(45)30-15-14-28-9-4-5-10-29(28)26-30/h4-5,9-10,14-15,26-27,31-37,44H,6-8,11-13,16-25H2,1-3H3. The van der Waals surface area contributed by atoms with Crippen LogP contribution in [0, 0.1) is 29.1 Å². The number of hydrogen-bond donors (Lipinski definition) is 1. The Hall–Kier alpha value is -2.48. The molecule has 3 aliphatic carbocycles. The Morgan fingerprint density at radius 3 is 2.40 bits per heavy atom. The summed E-state index contributed by atoms with van der Waals surface area (Å²) in [5.41, 5.74) is 0.972. The maximum atomic E-state index is 13.9. The Morgan fingerprint density at radius 2 is 1.62 bits per heavy atom. The van der Waals surface area contributed by atoms with Gasteiger partial charge < -0.3 is 19.6 Å². The number of amides is 2. The molecule has 47 heavy (non-hydrogen) atoms. The van der Waals surface area contributed by atoms with Crippen molar-refractivity contribution in [3.8, 4) is 0 Å². The van der Waals surface area contributed by atoms with E-state index in [4.69, 9.17) is 4.74 Å². The quantitative estimate of drug-likeness (QED) is 0.419. The fourth-order valence-corrected chi connectivity index (χ4v) is 11.0. The number of hydrogen-bond acceptors (Lipinski definition) is 5. The van der Waals surface area contributed by atoms with Crippen LogP contribution in [0.4, 0.5) is 0 Å². The zero-order chi connectivity index (χ0) is 32.7. The minimum atomic E-state index is -0.387. The second-order valence-corrected chi connectivity index (χ2v) is 16.0. The number of rotatable bonds is 4. The first kappa shape index (κ1) is 33.0. The van der Waals surface area contributed by atoms with E-state index in [1.165, 1.54) is 38.5 Å². The maximum absolute atomic E-state index is 13.9. The number of fused-ring (bicyclic) bond motifs is 4. The van der Waals surface area contributed by atoms with Gasteiger partial charge in [-0.3, -0.25) is 14.5 Å². The van der Waals surface area contributed by atoms with Crippen LogP contribution in [0.25, 0.3) is 10.8 Å². The monoisotopic (exact) mass is 643 g/mol. The summed E-state index contributed by atoms with van der Waals surface area (Å²) in [6, 6.07) is 13.7. The second kappa shape index (κ2) is 13.8. The van der Waals surface area contributed by atoms with Crippen molar-refractivity contribution < 1.29 is 19.4 Å². The molecule has 7 rings (SSSR count). The summed E-state index contributed by atoms with van der Waals surface area (Å²) < 4.78 is 6.02. The first-order chi connectivity index (χ1) is 22.8. The van der Waals surface area contributed by atoms with Crippen LogP contribution >= 0.6 is 0 Å². The molecule has 0 bridgehead atoms. The Labute approximate surface area is 282 Å². The Balaban J connectivity index is 0.991. The molecule has 2 aromatic rings. The van der Waals surface area contributed by atoms with Gasteiger partial charge in [-0.25, -0.2) is 0 Å². The Kier molecular flexibility index (Phi) is 9.70. The lowest BCUT2D eigenvalue weighted by molar-refractivity contribution is -0.138. The molecule has 0 aromatic heterocycles. The highest BCUT2D eigenvalue weighted by Gasteiger charge is 2.55. The lowest BCUT2D eigenvalue weighted by Gasteiger charge is -2.51. The predicted octanol–water partition coefficient (Wildman–Crippen LogP) is 6.38. The molecule has 3 saturated carbocycles. The highest BCUT2D eigenvalue weighted by atomic mass is 16.5. The molecule has 2 heterocycles. The molecule has 9 unspecified atom stereocenters. The number of carbonyl (C=O) groups excluding carboxylic acids is 2. The molecular weight excluding hydrogens is 586 g/mol. The van der Waals surface area contributed by atoms with E-state index in [9.17, 15) is 14.7 Å². The summed E-state index contributed by atoms with van der Waals surface area (Å²) in [4.78, 5) is 33.9. The van der Waals surface area contributed by atoms with Crippen LogP contribution in [0.2, 0.25) is 0 Å². The van der Waals surface area contributed by atoms with Gasteiger partial charge in [0.25, 0.3) is 5.91 Å². The molecule has 1 N–H and O–H groups in total. The largest absolute Gasteiger partial charge is 0.391 e. The number of carbonyl (C=O) groups is 2. The van der Waals surface area contributed by atoms with Gasteiger partial charge in [0.15, 0.2) is 0 Å². The van der Waals surface area contributed by atoms with Crippen molar-refractivity contribution in [3.05, 3.63) is 48.0 Å². The molecule has 256 valence electrons. The van der Waals surface area contributed by atoms with Gasteiger partial charge in [-0.05, 0) is 110 Å². The van der Waals surface area contributed by atoms with E-state index >= 15 is 0 Å². The molecule has 5 fully saturated rings. The van der Waals surface area contributed by atoms with E-state index in [0.29, 0.717) is 48.6 Å². The van der Waals surface area contributed by atoms with E-state index < -0.39 is 0 Å². The minimum Gasteiger partial charge on any atom is -0.391 e. The van der Waals surface area contributed by atoms with Crippen LogP contribution in [-0.2, 0) is 9.53 Å². The number of likely N-dealkylation sites (tertiary alicyclic amines) is 1. The van der Waals surface area contributed by atoms with E-state index in [-0.39, 0.29) is 30.0 Å².